The summed E-state index contributed by atoms with van der Waals surface area (Å²) in [6, 6.07) is 7.28. The zero-order chi connectivity index (χ0) is 14.6. The van der Waals surface area contributed by atoms with Gasteiger partial charge in [-0.1, -0.05) is 29.8 Å². The summed E-state index contributed by atoms with van der Waals surface area (Å²) in [4.78, 5) is 6.42. The van der Waals surface area contributed by atoms with Crippen LogP contribution >= 0.6 is 35.6 Å². The first-order valence-electron chi connectivity index (χ1n) is 7.03. The second-order valence-corrected chi connectivity index (χ2v) is 5.88. The topological polar surface area (TPSA) is 61.9 Å². The second kappa shape index (κ2) is 8.19. The third-order valence-corrected chi connectivity index (χ3v) is 4.01. The van der Waals surface area contributed by atoms with Crippen LogP contribution < -0.4 is 5.73 Å². The maximum Gasteiger partial charge on any atom is 0.191 e. The number of benzene rings is 1. The second-order valence-electron chi connectivity index (χ2n) is 5.48. The lowest BCUT2D eigenvalue weighted by atomic mass is 9.96. The molecule has 1 saturated heterocycles. The predicted molar refractivity (Wildman–Crippen MR) is 98.4 cm³/mol. The first-order chi connectivity index (χ1) is 9.50. The monoisotopic (exact) mass is 423 g/mol. The highest BCUT2D eigenvalue weighted by atomic mass is 127. The molecule has 0 radical (unpaired) electrons. The number of piperidine rings is 1. The number of likely N-dealkylation sites (tertiary alicyclic amines) is 1. The average Bonchev–Trinajstić information content (AvgIpc) is 2.46. The molecule has 1 aromatic rings. The molecule has 1 aromatic carbocycles. The summed E-state index contributed by atoms with van der Waals surface area (Å²) < 4.78 is 0. The molecule has 0 spiro atoms. The molecule has 0 aliphatic carbocycles. The summed E-state index contributed by atoms with van der Waals surface area (Å²) in [5.41, 5.74) is 5.57. The molecule has 1 atom stereocenters. The molecule has 2 rings (SSSR count). The fourth-order valence-corrected chi connectivity index (χ4v) is 2.78. The van der Waals surface area contributed by atoms with Crippen LogP contribution in [0.15, 0.2) is 29.3 Å². The number of rotatable bonds is 3. The quantitative estimate of drug-likeness (QED) is 0.446. The van der Waals surface area contributed by atoms with E-state index in [-0.39, 0.29) is 30.5 Å². The Labute approximate surface area is 148 Å². The molecule has 1 heterocycles. The molecule has 0 saturated carbocycles. The SMILES string of the molecule is CC(O)(CN=C(N)N1CCCCC1)c1ccccc1Cl.I. The van der Waals surface area contributed by atoms with Crippen LogP contribution in [-0.2, 0) is 5.60 Å². The Morgan fingerprint density at radius 2 is 1.95 bits per heavy atom. The van der Waals surface area contributed by atoms with Crippen LogP contribution in [-0.4, -0.2) is 35.6 Å². The van der Waals surface area contributed by atoms with Crippen molar-refractivity contribution in [3.63, 3.8) is 0 Å². The predicted octanol–water partition coefficient (Wildman–Crippen LogP) is 2.97. The lowest BCUT2D eigenvalue weighted by Gasteiger charge is -2.29. The molecular formula is C15H23ClIN3O. The van der Waals surface area contributed by atoms with Crippen molar-refractivity contribution < 1.29 is 5.11 Å². The van der Waals surface area contributed by atoms with Gasteiger partial charge in [0.1, 0.15) is 5.60 Å². The number of halogens is 2. The summed E-state index contributed by atoms with van der Waals surface area (Å²) in [5.74, 6) is 0.511. The van der Waals surface area contributed by atoms with Crippen molar-refractivity contribution in [2.45, 2.75) is 31.8 Å². The third-order valence-electron chi connectivity index (χ3n) is 3.68. The maximum atomic E-state index is 10.5. The van der Waals surface area contributed by atoms with Gasteiger partial charge < -0.3 is 15.7 Å². The van der Waals surface area contributed by atoms with E-state index in [1.54, 1.807) is 13.0 Å². The van der Waals surface area contributed by atoms with Gasteiger partial charge in [-0.25, -0.2) is 4.99 Å². The van der Waals surface area contributed by atoms with Gasteiger partial charge in [-0.3, -0.25) is 0 Å². The number of hydrogen-bond donors (Lipinski definition) is 2. The normalized spacial score (nSPS) is 18.8. The number of hydrogen-bond acceptors (Lipinski definition) is 2. The van der Waals surface area contributed by atoms with Crippen LogP contribution in [0.25, 0.3) is 0 Å². The molecular weight excluding hydrogens is 401 g/mol. The molecule has 3 N–H and O–H groups in total. The van der Waals surface area contributed by atoms with Gasteiger partial charge in [-0.15, -0.1) is 24.0 Å². The minimum atomic E-state index is -1.11. The molecule has 0 bridgehead atoms. The summed E-state index contributed by atoms with van der Waals surface area (Å²) >= 11 is 6.12. The summed E-state index contributed by atoms with van der Waals surface area (Å²) in [5, 5.41) is 11.1. The van der Waals surface area contributed by atoms with E-state index >= 15 is 0 Å². The highest BCUT2D eigenvalue weighted by molar-refractivity contribution is 14.0. The van der Waals surface area contributed by atoms with E-state index < -0.39 is 5.60 Å². The highest BCUT2D eigenvalue weighted by Crippen LogP contribution is 2.28. The minimum absolute atomic E-state index is 0. The van der Waals surface area contributed by atoms with Gasteiger partial charge >= 0.3 is 0 Å². The van der Waals surface area contributed by atoms with Crippen LogP contribution in [0.5, 0.6) is 0 Å². The van der Waals surface area contributed by atoms with E-state index in [0.29, 0.717) is 16.5 Å². The van der Waals surface area contributed by atoms with Gasteiger partial charge in [0.05, 0.1) is 6.54 Å². The van der Waals surface area contributed by atoms with Gasteiger partial charge in [0.15, 0.2) is 5.96 Å². The lowest BCUT2D eigenvalue weighted by molar-refractivity contribution is 0.0671. The Balaban J connectivity index is 0.00000220. The van der Waals surface area contributed by atoms with Crippen LogP contribution in [0, 0.1) is 0 Å². The number of aliphatic hydroxyl groups is 1. The van der Waals surface area contributed by atoms with E-state index in [2.05, 4.69) is 9.89 Å². The number of aliphatic imine (C=N–C) groups is 1. The molecule has 118 valence electrons. The first kappa shape index (κ1) is 18.5. The number of nitrogens with two attached hydrogens (primary N) is 1. The Morgan fingerprint density at radius 1 is 1.33 bits per heavy atom. The van der Waals surface area contributed by atoms with Crippen LogP contribution in [0.4, 0.5) is 0 Å². The van der Waals surface area contributed by atoms with Gasteiger partial charge in [0.25, 0.3) is 0 Å². The summed E-state index contributed by atoms with van der Waals surface area (Å²) in [6.07, 6.45) is 3.55. The standard InChI is InChI=1S/C15H22ClN3O.HI/c1-15(20,12-7-3-4-8-13(12)16)11-18-14(17)19-9-5-2-6-10-19;/h3-4,7-8,20H,2,5-6,9-11H2,1H3,(H2,17,18);1H. The molecule has 1 unspecified atom stereocenters. The van der Waals surface area contributed by atoms with Crippen LogP contribution in [0.3, 0.4) is 0 Å². The van der Waals surface area contributed by atoms with Gasteiger partial charge in [-0.05, 0) is 32.3 Å². The number of nitrogens with zero attached hydrogens (tertiary/aromatic N) is 2. The highest BCUT2D eigenvalue weighted by Gasteiger charge is 2.25. The average molecular weight is 424 g/mol. The molecule has 6 heteroatoms. The smallest absolute Gasteiger partial charge is 0.191 e. The first-order valence-corrected chi connectivity index (χ1v) is 7.41. The maximum absolute atomic E-state index is 10.5. The lowest BCUT2D eigenvalue weighted by Crippen LogP contribution is -2.41. The van der Waals surface area contributed by atoms with Gasteiger partial charge in [-0.2, -0.15) is 0 Å². The van der Waals surface area contributed by atoms with Crippen molar-refractivity contribution in [3.8, 4) is 0 Å². The van der Waals surface area contributed by atoms with Crippen molar-refractivity contribution >= 4 is 41.5 Å². The van der Waals surface area contributed by atoms with Crippen molar-refractivity contribution in [3.05, 3.63) is 34.9 Å². The van der Waals surface area contributed by atoms with Crippen LogP contribution in [0.2, 0.25) is 5.02 Å². The van der Waals surface area contributed by atoms with E-state index in [1.807, 2.05) is 18.2 Å². The zero-order valence-electron chi connectivity index (χ0n) is 12.3. The summed E-state index contributed by atoms with van der Waals surface area (Å²) in [6.45, 7) is 3.81. The van der Waals surface area contributed by atoms with Crippen molar-refractivity contribution in [1.29, 1.82) is 0 Å². The molecule has 0 aromatic heterocycles. The Kier molecular flexibility index (Phi) is 7.23. The molecule has 4 nitrogen and oxygen atoms in total. The van der Waals surface area contributed by atoms with Crippen molar-refractivity contribution in [2.24, 2.45) is 10.7 Å². The molecule has 21 heavy (non-hydrogen) atoms. The van der Waals surface area contributed by atoms with Gasteiger partial charge in [0, 0.05) is 23.7 Å². The third kappa shape index (κ3) is 5.00. The van der Waals surface area contributed by atoms with E-state index in [4.69, 9.17) is 17.3 Å². The Bertz CT molecular complexity index is 488. The minimum Gasteiger partial charge on any atom is -0.383 e. The Hall–Kier alpha value is -0.530. The molecule has 0 amide bonds. The fraction of sp³-hybridized carbons (Fsp3) is 0.533. The van der Waals surface area contributed by atoms with E-state index in [0.717, 1.165) is 25.9 Å². The van der Waals surface area contributed by atoms with Crippen molar-refractivity contribution in [1.82, 2.24) is 4.90 Å². The zero-order valence-corrected chi connectivity index (χ0v) is 15.3. The largest absolute Gasteiger partial charge is 0.383 e. The molecule has 1 aliphatic heterocycles. The Morgan fingerprint density at radius 3 is 2.57 bits per heavy atom. The molecule has 1 fully saturated rings. The van der Waals surface area contributed by atoms with E-state index in [9.17, 15) is 5.11 Å². The van der Waals surface area contributed by atoms with E-state index in [1.165, 1.54) is 6.42 Å². The van der Waals surface area contributed by atoms with Gasteiger partial charge in [0.2, 0.25) is 0 Å². The number of guanidine groups is 1. The molecule has 1 aliphatic rings. The summed E-state index contributed by atoms with van der Waals surface area (Å²) in [7, 11) is 0. The van der Waals surface area contributed by atoms with Crippen LogP contribution in [0.1, 0.15) is 31.7 Å². The van der Waals surface area contributed by atoms with Crippen molar-refractivity contribution in [2.75, 3.05) is 19.6 Å². The fourth-order valence-electron chi connectivity index (χ4n) is 2.44.